The third-order valence-electron chi connectivity index (χ3n) is 2.48. The average Bonchev–Trinajstić information content (AvgIpc) is 2.32. The van der Waals surface area contributed by atoms with Crippen LogP contribution in [-0.2, 0) is 6.61 Å². The number of phenolic OH excluding ortho intramolecular Hbond substituents is 1. The minimum absolute atomic E-state index is 0.271. The number of hydrogen-bond donors (Lipinski definition) is 1. The summed E-state index contributed by atoms with van der Waals surface area (Å²) in [6.07, 6.45) is 0. The van der Waals surface area contributed by atoms with Gasteiger partial charge >= 0.3 is 0 Å². The molecule has 0 heterocycles. The van der Waals surface area contributed by atoms with Crippen molar-refractivity contribution >= 4 is 15.9 Å². The number of rotatable bonds is 3. The van der Waals surface area contributed by atoms with Crippen molar-refractivity contribution in [2.24, 2.45) is 0 Å². The van der Waals surface area contributed by atoms with Gasteiger partial charge in [0.1, 0.15) is 18.1 Å². The van der Waals surface area contributed by atoms with Gasteiger partial charge in [-0.05, 0) is 42.3 Å². The van der Waals surface area contributed by atoms with E-state index < -0.39 is 0 Å². The maximum absolute atomic E-state index is 9.18. The van der Waals surface area contributed by atoms with E-state index in [1.54, 1.807) is 12.1 Å². The predicted octanol–water partition coefficient (Wildman–Crippen LogP) is 4.04. The van der Waals surface area contributed by atoms with E-state index in [1.807, 2.05) is 37.3 Å². The number of benzene rings is 2. The molecule has 1 N–H and O–H groups in total. The molecule has 3 heteroatoms. The van der Waals surface area contributed by atoms with Gasteiger partial charge in [0.15, 0.2) is 0 Å². The Balaban J connectivity index is 2.07. The van der Waals surface area contributed by atoms with Crippen molar-refractivity contribution in [3.05, 3.63) is 58.1 Å². The minimum Gasteiger partial charge on any atom is -0.508 e. The molecule has 0 saturated carbocycles. The van der Waals surface area contributed by atoms with Crippen LogP contribution >= 0.6 is 15.9 Å². The van der Waals surface area contributed by atoms with Crippen molar-refractivity contribution in [1.82, 2.24) is 0 Å². The molecule has 0 spiro atoms. The van der Waals surface area contributed by atoms with E-state index in [0.29, 0.717) is 6.61 Å². The van der Waals surface area contributed by atoms with Crippen molar-refractivity contribution in [2.45, 2.75) is 13.5 Å². The second-order valence-electron chi connectivity index (χ2n) is 3.86. The Bertz CT molecular complexity index is 506. The van der Waals surface area contributed by atoms with Gasteiger partial charge in [-0.3, -0.25) is 0 Å². The molecule has 0 amide bonds. The van der Waals surface area contributed by atoms with Gasteiger partial charge in [-0.25, -0.2) is 0 Å². The van der Waals surface area contributed by atoms with E-state index in [-0.39, 0.29) is 5.75 Å². The predicted molar refractivity (Wildman–Crippen MR) is 71.3 cm³/mol. The van der Waals surface area contributed by atoms with Gasteiger partial charge in [-0.15, -0.1) is 0 Å². The summed E-state index contributed by atoms with van der Waals surface area (Å²) >= 11 is 3.42. The monoisotopic (exact) mass is 292 g/mol. The first kappa shape index (κ1) is 12.0. The summed E-state index contributed by atoms with van der Waals surface area (Å²) < 4.78 is 6.74. The summed E-state index contributed by atoms with van der Waals surface area (Å²) in [6.45, 7) is 2.51. The van der Waals surface area contributed by atoms with Crippen LogP contribution in [0.2, 0.25) is 0 Å². The Labute approximate surface area is 109 Å². The lowest BCUT2D eigenvalue weighted by Crippen LogP contribution is -1.96. The summed E-state index contributed by atoms with van der Waals surface area (Å²) in [5.41, 5.74) is 2.13. The van der Waals surface area contributed by atoms with Crippen LogP contribution in [0.4, 0.5) is 0 Å². The molecule has 0 fully saturated rings. The Hall–Kier alpha value is -1.48. The van der Waals surface area contributed by atoms with Gasteiger partial charge in [0.05, 0.1) is 0 Å². The highest BCUT2D eigenvalue weighted by molar-refractivity contribution is 9.10. The highest BCUT2D eigenvalue weighted by Gasteiger charge is 2.01. The maximum Gasteiger partial charge on any atom is 0.123 e. The number of hydrogen-bond acceptors (Lipinski definition) is 2. The van der Waals surface area contributed by atoms with Gasteiger partial charge in [0, 0.05) is 4.47 Å². The molecular weight excluding hydrogens is 280 g/mol. The van der Waals surface area contributed by atoms with Crippen LogP contribution in [0.1, 0.15) is 11.1 Å². The molecular formula is C14H13BrO2. The number of aryl methyl sites for hydroxylation is 1. The molecule has 0 aliphatic carbocycles. The second-order valence-corrected chi connectivity index (χ2v) is 4.78. The quantitative estimate of drug-likeness (QED) is 0.925. The first-order valence-corrected chi connectivity index (χ1v) is 6.11. The van der Waals surface area contributed by atoms with Crippen molar-refractivity contribution in [3.63, 3.8) is 0 Å². The fraction of sp³-hybridized carbons (Fsp3) is 0.143. The van der Waals surface area contributed by atoms with Crippen LogP contribution in [0.3, 0.4) is 0 Å². The minimum atomic E-state index is 0.271. The molecule has 0 saturated heterocycles. The molecule has 2 aromatic carbocycles. The molecule has 17 heavy (non-hydrogen) atoms. The molecule has 0 aromatic heterocycles. The molecule has 0 aliphatic rings. The van der Waals surface area contributed by atoms with Gasteiger partial charge in [-0.1, -0.05) is 34.1 Å². The summed E-state index contributed by atoms with van der Waals surface area (Å²) in [5, 5.41) is 9.18. The molecule has 88 valence electrons. The fourth-order valence-electron chi connectivity index (χ4n) is 1.48. The van der Waals surface area contributed by atoms with E-state index >= 15 is 0 Å². The average molecular weight is 293 g/mol. The standard InChI is InChI=1S/C14H13BrO2/c1-10-2-5-12(15)8-14(10)17-9-11-3-6-13(16)7-4-11/h2-8,16H,9H2,1H3. The van der Waals surface area contributed by atoms with Crippen LogP contribution in [-0.4, -0.2) is 5.11 Å². The Morgan fingerprint density at radius 2 is 1.82 bits per heavy atom. The summed E-state index contributed by atoms with van der Waals surface area (Å²) in [7, 11) is 0. The van der Waals surface area contributed by atoms with Crippen molar-refractivity contribution in [3.8, 4) is 11.5 Å². The van der Waals surface area contributed by atoms with Crippen LogP contribution in [0.15, 0.2) is 46.9 Å². The Morgan fingerprint density at radius 3 is 2.53 bits per heavy atom. The number of phenols is 1. The highest BCUT2D eigenvalue weighted by Crippen LogP contribution is 2.24. The van der Waals surface area contributed by atoms with Crippen molar-refractivity contribution in [1.29, 1.82) is 0 Å². The largest absolute Gasteiger partial charge is 0.508 e. The summed E-state index contributed by atoms with van der Waals surface area (Å²) in [4.78, 5) is 0. The summed E-state index contributed by atoms with van der Waals surface area (Å²) in [5.74, 6) is 1.14. The number of aromatic hydroxyl groups is 1. The van der Waals surface area contributed by atoms with Gasteiger partial charge in [-0.2, -0.15) is 0 Å². The number of ether oxygens (including phenoxy) is 1. The summed E-state index contributed by atoms with van der Waals surface area (Å²) in [6, 6.07) is 13.0. The highest BCUT2D eigenvalue weighted by atomic mass is 79.9. The van der Waals surface area contributed by atoms with Gasteiger partial charge in [0.2, 0.25) is 0 Å². The van der Waals surface area contributed by atoms with Crippen molar-refractivity contribution < 1.29 is 9.84 Å². The molecule has 0 atom stereocenters. The lowest BCUT2D eigenvalue weighted by molar-refractivity contribution is 0.303. The topological polar surface area (TPSA) is 29.5 Å². The number of halogens is 1. The van der Waals surface area contributed by atoms with E-state index in [2.05, 4.69) is 15.9 Å². The normalized spacial score (nSPS) is 10.2. The molecule has 2 aromatic rings. The second kappa shape index (κ2) is 5.23. The van der Waals surface area contributed by atoms with Crippen LogP contribution in [0, 0.1) is 6.92 Å². The van der Waals surface area contributed by atoms with E-state index in [0.717, 1.165) is 21.3 Å². The van der Waals surface area contributed by atoms with Crippen LogP contribution < -0.4 is 4.74 Å². The molecule has 2 rings (SSSR count). The molecule has 0 unspecified atom stereocenters. The van der Waals surface area contributed by atoms with Gasteiger partial charge < -0.3 is 9.84 Å². The van der Waals surface area contributed by atoms with E-state index in [4.69, 9.17) is 4.74 Å². The Kier molecular flexibility index (Phi) is 3.69. The first-order valence-electron chi connectivity index (χ1n) is 5.32. The lowest BCUT2D eigenvalue weighted by atomic mass is 10.2. The molecule has 0 radical (unpaired) electrons. The molecule has 0 bridgehead atoms. The third kappa shape index (κ3) is 3.24. The van der Waals surface area contributed by atoms with Crippen LogP contribution in [0.5, 0.6) is 11.5 Å². The SMILES string of the molecule is Cc1ccc(Br)cc1OCc1ccc(O)cc1. The zero-order valence-electron chi connectivity index (χ0n) is 9.48. The zero-order valence-corrected chi connectivity index (χ0v) is 11.1. The molecule has 2 nitrogen and oxygen atoms in total. The third-order valence-corrected chi connectivity index (χ3v) is 2.97. The fourth-order valence-corrected chi connectivity index (χ4v) is 1.82. The van der Waals surface area contributed by atoms with E-state index in [9.17, 15) is 5.11 Å². The van der Waals surface area contributed by atoms with Gasteiger partial charge in [0.25, 0.3) is 0 Å². The van der Waals surface area contributed by atoms with E-state index in [1.165, 1.54) is 0 Å². The molecule has 0 aliphatic heterocycles. The van der Waals surface area contributed by atoms with Crippen LogP contribution in [0.25, 0.3) is 0 Å². The lowest BCUT2D eigenvalue weighted by Gasteiger charge is -2.09. The zero-order chi connectivity index (χ0) is 12.3. The van der Waals surface area contributed by atoms with Crippen molar-refractivity contribution in [2.75, 3.05) is 0 Å². The Morgan fingerprint density at radius 1 is 1.12 bits per heavy atom. The smallest absolute Gasteiger partial charge is 0.123 e. The first-order chi connectivity index (χ1) is 8.15. The maximum atomic E-state index is 9.18.